The lowest BCUT2D eigenvalue weighted by Gasteiger charge is -2.27. The average molecular weight is 618 g/mol. The molecule has 2 saturated carbocycles. The SMILES string of the molecule is COc1cc(C(=O)N2CC3CCC2C3N)cc2nc(-c3cc4ccc(-c5ccc6c(c5)COC(=O)N6)nc4n3CC3CC3)n(C)c12. The third-order valence-electron chi connectivity index (χ3n) is 10.4. The highest BCUT2D eigenvalue weighted by Crippen LogP contribution is 2.40. The van der Waals surface area contributed by atoms with Crippen LogP contribution in [0.1, 0.15) is 41.6 Å². The molecule has 9 rings (SSSR count). The molecule has 0 spiro atoms. The Hall–Kier alpha value is -4.90. The number of methoxy groups -OCH3 is 1. The van der Waals surface area contributed by atoms with Crippen molar-refractivity contribution in [3.63, 3.8) is 0 Å². The van der Waals surface area contributed by atoms with Gasteiger partial charge in [0.1, 0.15) is 23.5 Å². The number of imidazole rings is 1. The number of likely N-dealkylation sites (tertiary alicyclic amines) is 1. The van der Waals surface area contributed by atoms with E-state index in [1.807, 2.05) is 48.3 Å². The fourth-order valence-corrected chi connectivity index (χ4v) is 7.77. The zero-order valence-corrected chi connectivity index (χ0v) is 25.8. The van der Waals surface area contributed by atoms with Crippen molar-refractivity contribution < 1.29 is 19.1 Å². The summed E-state index contributed by atoms with van der Waals surface area (Å²) >= 11 is 0. The van der Waals surface area contributed by atoms with Gasteiger partial charge in [-0.05, 0) is 80.0 Å². The number of piperidine rings is 1. The smallest absolute Gasteiger partial charge is 0.411 e. The molecule has 46 heavy (non-hydrogen) atoms. The number of fused-ring (bicyclic) bond motifs is 5. The monoisotopic (exact) mass is 617 g/mol. The standard InChI is InChI=1S/C35H35N7O4/c1-40-31-26(12-22(14-29(31)45-2)34(43)42-16-21-7-10-27(42)30(21)36)38-33(40)28-13-20-6-9-24(37-32(20)41(28)15-18-3-4-18)19-5-8-25-23(11-19)17-46-35(44)39-25/h5-6,8-9,11-14,18,21,27,30H,3-4,7,10,15-17,36H2,1-2H3,(H,39,44). The third-order valence-corrected chi connectivity index (χ3v) is 10.4. The van der Waals surface area contributed by atoms with Gasteiger partial charge in [0.05, 0.1) is 29.7 Å². The van der Waals surface area contributed by atoms with Crippen LogP contribution < -0.4 is 15.8 Å². The molecule has 3 atom stereocenters. The number of nitrogens with zero attached hydrogens (tertiary/aromatic N) is 5. The lowest BCUT2D eigenvalue weighted by Crippen LogP contribution is -2.41. The number of nitrogens with two attached hydrogens (primary N) is 1. The van der Waals surface area contributed by atoms with E-state index in [2.05, 4.69) is 26.6 Å². The molecular weight excluding hydrogens is 582 g/mol. The topological polar surface area (TPSA) is 130 Å². The Kier molecular flexibility index (Phi) is 5.99. The minimum Gasteiger partial charge on any atom is -0.494 e. The first kappa shape index (κ1) is 27.4. The van der Waals surface area contributed by atoms with Gasteiger partial charge in [0.25, 0.3) is 5.91 Å². The summed E-state index contributed by atoms with van der Waals surface area (Å²) in [6, 6.07) is 16.1. The van der Waals surface area contributed by atoms with E-state index in [0.29, 0.717) is 35.2 Å². The molecule has 5 heterocycles. The molecule has 2 aromatic carbocycles. The van der Waals surface area contributed by atoms with Gasteiger partial charge >= 0.3 is 6.09 Å². The first-order valence-corrected chi connectivity index (χ1v) is 16.0. The second kappa shape index (κ2) is 10.1. The highest BCUT2D eigenvalue weighted by molar-refractivity contribution is 6.00. The van der Waals surface area contributed by atoms with E-state index in [1.165, 1.54) is 12.8 Å². The molecule has 3 aromatic heterocycles. The summed E-state index contributed by atoms with van der Waals surface area (Å²) in [4.78, 5) is 37.6. The maximum absolute atomic E-state index is 13.7. The Labute approximate surface area is 265 Å². The maximum atomic E-state index is 13.7. The van der Waals surface area contributed by atoms with Crippen LogP contribution in [0.2, 0.25) is 0 Å². The number of benzene rings is 2. The van der Waals surface area contributed by atoms with E-state index in [4.69, 9.17) is 25.2 Å². The number of hydrogen-bond acceptors (Lipinski definition) is 7. The highest BCUT2D eigenvalue weighted by Gasteiger charge is 2.47. The van der Waals surface area contributed by atoms with E-state index in [0.717, 1.165) is 70.0 Å². The van der Waals surface area contributed by atoms with Crippen molar-refractivity contribution in [2.45, 2.75) is 50.9 Å². The molecule has 3 N–H and O–H groups in total. The summed E-state index contributed by atoms with van der Waals surface area (Å²) in [7, 11) is 3.64. The number of aromatic nitrogens is 4. The van der Waals surface area contributed by atoms with Crippen LogP contribution in [0.4, 0.5) is 10.5 Å². The Bertz CT molecular complexity index is 2090. The fraction of sp³-hybridized carbons (Fsp3) is 0.371. The number of amides is 2. The van der Waals surface area contributed by atoms with Gasteiger partial charge in [-0.15, -0.1) is 0 Å². The second-order valence-corrected chi connectivity index (χ2v) is 13.2. The lowest BCUT2D eigenvalue weighted by molar-refractivity contribution is 0.0700. The number of cyclic esters (lactones) is 1. The predicted molar refractivity (Wildman–Crippen MR) is 173 cm³/mol. The maximum Gasteiger partial charge on any atom is 0.411 e. The molecule has 4 aliphatic rings. The minimum atomic E-state index is -0.434. The van der Waals surface area contributed by atoms with Gasteiger partial charge in [0.2, 0.25) is 0 Å². The zero-order valence-electron chi connectivity index (χ0n) is 25.8. The zero-order chi connectivity index (χ0) is 31.3. The molecule has 234 valence electrons. The number of nitrogens with one attached hydrogen (secondary N) is 1. The van der Waals surface area contributed by atoms with Crippen LogP contribution >= 0.6 is 0 Å². The van der Waals surface area contributed by atoms with Crippen molar-refractivity contribution in [1.29, 1.82) is 0 Å². The van der Waals surface area contributed by atoms with Crippen LogP contribution in [-0.2, 0) is 24.9 Å². The van der Waals surface area contributed by atoms with Gasteiger partial charge in [-0.25, -0.2) is 14.8 Å². The number of anilines is 1. The molecule has 2 bridgehead atoms. The quantitative estimate of drug-likeness (QED) is 0.265. The fourth-order valence-electron chi connectivity index (χ4n) is 7.77. The Morgan fingerprint density at radius 1 is 1.09 bits per heavy atom. The van der Waals surface area contributed by atoms with Crippen molar-refractivity contribution in [3.05, 3.63) is 59.7 Å². The van der Waals surface area contributed by atoms with E-state index < -0.39 is 6.09 Å². The summed E-state index contributed by atoms with van der Waals surface area (Å²) < 4.78 is 15.4. The van der Waals surface area contributed by atoms with Crippen molar-refractivity contribution >= 4 is 39.8 Å². The van der Waals surface area contributed by atoms with Crippen molar-refractivity contribution in [2.24, 2.45) is 24.6 Å². The highest BCUT2D eigenvalue weighted by atomic mass is 16.5. The molecule has 2 amide bonds. The van der Waals surface area contributed by atoms with Gasteiger partial charge < -0.3 is 29.2 Å². The third kappa shape index (κ3) is 4.21. The number of rotatable bonds is 6. The van der Waals surface area contributed by atoms with E-state index in [1.54, 1.807) is 7.11 Å². The van der Waals surface area contributed by atoms with Gasteiger partial charge in [0, 0.05) is 54.3 Å². The van der Waals surface area contributed by atoms with Gasteiger partial charge in [-0.1, -0.05) is 6.07 Å². The van der Waals surface area contributed by atoms with Gasteiger partial charge in [0.15, 0.2) is 5.82 Å². The van der Waals surface area contributed by atoms with Crippen LogP contribution in [0.3, 0.4) is 0 Å². The first-order chi connectivity index (χ1) is 22.4. The molecule has 2 aliphatic heterocycles. The molecule has 3 fully saturated rings. The van der Waals surface area contributed by atoms with E-state index in [9.17, 15) is 9.59 Å². The molecule has 1 saturated heterocycles. The molecular formula is C35H35N7O4. The average Bonchev–Trinajstić information content (AvgIpc) is 3.47. The first-order valence-electron chi connectivity index (χ1n) is 16.0. The predicted octanol–water partition coefficient (Wildman–Crippen LogP) is 5.30. The Morgan fingerprint density at radius 2 is 1.96 bits per heavy atom. The lowest BCUT2D eigenvalue weighted by atomic mass is 10.0. The number of pyridine rings is 1. The van der Waals surface area contributed by atoms with Gasteiger partial charge in [-0.3, -0.25) is 10.1 Å². The minimum absolute atomic E-state index is 0.00856. The molecule has 5 aromatic rings. The van der Waals surface area contributed by atoms with Crippen LogP contribution in [0.5, 0.6) is 5.75 Å². The number of carbonyl (C=O) groups is 2. The molecule has 11 nitrogen and oxygen atoms in total. The molecule has 2 aliphatic carbocycles. The number of aryl methyl sites for hydroxylation is 1. The Balaban J connectivity index is 1.13. The van der Waals surface area contributed by atoms with E-state index >= 15 is 0 Å². The number of ether oxygens (including phenoxy) is 2. The normalized spacial score (nSPS) is 21.9. The largest absolute Gasteiger partial charge is 0.494 e. The number of hydrogen-bond donors (Lipinski definition) is 2. The van der Waals surface area contributed by atoms with Gasteiger partial charge in [-0.2, -0.15) is 0 Å². The summed E-state index contributed by atoms with van der Waals surface area (Å²) in [6.07, 6.45) is 4.01. The summed E-state index contributed by atoms with van der Waals surface area (Å²) in [5, 5.41) is 3.78. The summed E-state index contributed by atoms with van der Waals surface area (Å²) in [5.74, 6) is 2.38. The summed E-state index contributed by atoms with van der Waals surface area (Å²) in [5.41, 5.74) is 13.9. The second-order valence-electron chi connectivity index (χ2n) is 13.2. The van der Waals surface area contributed by atoms with Crippen molar-refractivity contribution in [2.75, 3.05) is 19.0 Å². The van der Waals surface area contributed by atoms with E-state index in [-0.39, 0.29) is 24.6 Å². The van der Waals surface area contributed by atoms with Crippen LogP contribution in [0, 0.1) is 11.8 Å². The van der Waals surface area contributed by atoms with Crippen LogP contribution in [0.25, 0.3) is 44.8 Å². The molecule has 3 unspecified atom stereocenters. The Morgan fingerprint density at radius 3 is 2.72 bits per heavy atom. The molecule has 0 radical (unpaired) electrons. The van der Waals surface area contributed by atoms with Crippen LogP contribution in [-0.4, -0.2) is 61.7 Å². The van der Waals surface area contributed by atoms with Crippen molar-refractivity contribution in [3.8, 4) is 28.5 Å². The summed E-state index contributed by atoms with van der Waals surface area (Å²) in [6.45, 7) is 1.79. The molecule has 11 heteroatoms. The van der Waals surface area contributed by atoms with Crippen molar-refractivity contribution in [1.82, 2.24) is 24.0 Å². The number of carbonyl (C=O) groups excluding carboxylic acids is 2. The van der Waals surface area contributed by atoms with Crippen LogP contribution in [0.15, 0.2) is 48.5 Å².